The fourth-order valence-corrected chi connectivity index (χ4v) is 18.7. The van der Waals surface area contributed by atoms with Crippen molar-refractivity contribution in [2.24, 2.45) is 16.6 Å². The van der Waals surface area contributed by atoms with Crippen molar-refractivity contribution in [3.8, 4) is 32.4 Å². The molecule has 14 rings (SSSR count). The van der Waals surface area contributed by atoms with Crippen molar-refractivity contribution in [3.63, 3.8) is 0 Å². The molecule has 43 heteroatoms. The number of nitrogens with zero attached hydrogens (tertiary/aromatic N) is 10. The number of fused-ring (bicyclic) bond motifs is 2. The fraction of sp³-hybridized carbons (Fsp3) is 0.479. The number of likely N-dealkylation sites (tertiary alicyclic amines) is 2. The summed E-state index contributed by atoms with van der Waals surface area (Å²) in [6.07, 6.45) is -3.28. The molecule has 4 aliphatic rings. The molecule has 19 N–H and O–H groups in total. The highest BCUT2D eigenvalue weighted by Gasteiger charge is 2.51. The molecule has 4 aliphatic heterocycles. The van der Waals surface area contributed by atoms with Crippen LogP contribution in [0.5, 0.6) is 11.5 Å². The number of aromatic nitrogens is 8. The number of anilines is 2. The third kappa shape index (κ3) is 27.5. The maximum Gasteiger partial charge on any atom is 0.341 e. The summed E-state index contributed by atoms with van der Waals surface area (Å²) >= 11 is 15.5. The molecule has 4 saturated heterocycles. The first-order valence-corrected chi connectivity index (χ1v) is 47.9. The van der Waals surface area contributed by atoms with Gasteiger partial charge in [0.1, 0.15) is 127 Å². The molecule has 0 unspecified atom stereocenters. The zero-order valence-corrected chi connectivity index (χ0v) is 81.3. The highest BCUT2D eigenvalue weighted by Crippen LogP contribution is 2.43. The number of ketones is 1. The molecule has 38 nitrogen and oxygen atoms in total. The predicted octanol–water partition coefficient (Wildman–Crippen LogP) is 8.36. The summed E-state index contributed by atoms with van der Waals surface area (Å²) in [4.78, 5) is 133. The lowest BCUT2D eigenvalue weighted by atomic mass is 9.85. The van der Waals surface area contributed by atoms with Gasteiger partial charge in [0.2, 0.25) is 35.4 Å². The number of carbonyl (C=O) groups excluding carboxylic acids is 7. The lowest BCUT2D eigenvalue weighted by Crippen LogP contribution is -2.57. The number of rotatable bonds is 36. The van der Waals surface area contributed by atoms with E-state index in [2.05, 4.69) is 51.2 Å². The van der Waals surface area contributed by atoms with Gasteiger partial charge in [0.15, 0.2) is 24.8 Å². The standard InChI is InChI=1S/C48H59ClN8O10S.C28H41N5O4S.C19H19ClN4O7.CH3F/c1-26-41(68-25-54-26)28-13-11-27(12-14-28)21-51-45(64)34-20-31(59)22-57(34)46(65)42(48(2,3)4)55-36(60)10-8-6-5-7-9-30(58)23-66-35-19-29(15-16-33(35)49)37(61)40-38(62)39(63)47(67-40)56-18-17-32-43(50)52-24-53-44(32)56;1-18-24(38-17-31-18)20-11-9-19(10-12-20)15-30-26(36)22-14-21(34)16-33(22)27(37)25(28(2,3)4)32-23(35)8-6-5-7-13-29;20-10-2-1-8(5-11(10)30-6-12(25)26)13(27)16-14(28)15(29)19(31-16)24-4-3-9-17(21)22-7-23-18(9)24;1-2/h11-19,24-25,31,34,37-40,42,47,59,61-63H,5-10,20-23H2,1-4H3,(H,51,64)(H,55,60)(H2,50,52,53);9-12,17,21-22,25,34H,5-8,13-16,29H2,1-4H3,(H,30,36)(H,32,35);1-5,7,13-16,19,27-29H,6H2,(H,25,26)(H2,21,22,23);1H3/t31-,34+,37+,38-,39+,40+,42-,47+;21-,22+,25-;13-,14+,15-,16-,19-;/m011./s1/i;;;1D. The van der Waals surface area contributed by atoms with Crippen molar-refractivity contribution in [1.29, 1.82) is 0 Å². The molecular weight excluding hydrogens is 1880 g/mol. The molecule has 0 bridgehead atoms. The first-order valence-electron chi connectivity index (χ1n) is 46.1. The Balaban J connectivity index is 0.000000218. The van der Waals surface area contributed by atoms with Gasteiger partial charge in [-0.3, -0.25) is 38.0 Å². The third-order valence-corrected chi connectivity index (χ3v) is 26.9. The topological polar surface area (TPSA) is 575 Å². The Hall–Kier alpha value is -11.4. The van der Waals surface area contributed by atoms with Crippen LogP contribution in [0.15, 0.2) is 133 Å². The molecule has 750 valence electrons. The van der Waals surface area contributed by atoms with Crippen molar-refractivity contribution in [1.82, 2.24) is 70.1 Å². The van der Waals surface area contributed by atoms with Gasteiger partial charge in [0, 0.05) is 70.7 Å². The molecule has 0 saturated carbocycles. The van der Waals surface area contributed by atoms with Gasteiger partial charge >= 0.3 is 5.97 Å². The van der Waals surface area contributed by atoms with E-state index in [9.17, 15) is 83.6 Å². The molecule has 0 radical (unpaired) electrons. The number of thiazole rings is 2. The normalized spacial score (nSPS) is 21.1. The van der Waals surface area contributed by atoms with Crippen molar-refractivity contribution in [2.75, 3.05) is 51.5 Å². The Labute approximate surface area is 821 Å². The number of hydrogen-bond acceptors (Lipinski definition) is 31. The van der Waals surface area contributed by atoms with Gasteiger partial charge in [-0.1, -0.05) is 145 Å². The minimum atomic E-state index is -1.47. The Morgan fingerprint density at radius 2 is 0.935 bits per heavy atom. The number of unbranched alkanes of at least 4 members (excludes halogenated alkanes) is 5. The van der Waals surface area contributed by atoms with Crippen LogP contribution in [0, 0.1) is 24.7 Å². The zero-order valence-electron chi connectivity index (χ0n) is 79.2. The number of nitrogens with two attached hydrogens (primary N) is 3. The highest BCUT2D eigenvalue weighted by atomic mass is 35.5. The first kappa shape index (κ1) is 106. The summed E-state index contributed by atoms with van der Waals surface area (Å²) in [6.45, 7) is 15.3. The number of aliphatic hydroxyl groups excluding tert-OH is 8. The van der Waals surface area contributed by atoms with Crippen LogP contribution in [0.4, 0.5) is 16.0 Å². The van der Waals surface area contributed by atoms with E-state index in [1.54, 1.807) is 52.7 Å². The van der Waals surface area contributed by atoms with E-state index >= 15 is 0 Å². The number of carboxylic acid groups (broad SMARTS) is 1. The number of benzene rings is 4. The second-order valence-corrected chi connectivity index (χ2v) is 39.1. The Kier molecular flexibility index (Phi) is 37.6. The molecule has 6 amide bonds. The number of aliphatic carboxylic acids is 1. The number of Topliss-reactive ketones (excluding diaryl/α,β-unsaturated/α-hetero) is 1. The number of β-amino-alcohol motifs (C(OH)–C–C–N with tert-alkyl or cyclic N) is 2. The van der Waals surface area contributed by atoms with E-state index < -0.39 is 134 Å². The summed E-state index contributed by atoms with van der Waals surface area (Å²) in [5.41, 5.74) is 26.8. The average molecular weight is 2010 g/mol. The van der Waals surface area contributed by atoms with Crippen LogP contribution in [0.1, 0.15) is 178 Å². The van der Waals surface area contributed by atoms with Gasteiger partial charge < -0.3 is 122 Å². The lowest BCUT2D eigenvalue weighted by Gasteiger charge is -2.35. The van der Waals surface area contributed by atoms with Crippen LogP contribution in [0.25, 0.3) is 42.9 Å². The summed E-state index contributed by atoms with van der Waals surface area (Å²) in [7, 11) is -1.00. The highest BCUT2D eigenvalue weighted by molar-refractivity contribution is 7.13. The lowest BCUT2D eigenvalue weighted by molar-refractivity contribution is -0.144. The molecule has 6 aromatic heterocycles. The molecule has 0 aliphatic carbocycles. The van der Waals surface area contributed by atoms with Crippen molar-refractivity contribution >= 4 is 127 Å². The Morgan fingerprint density at radius 1 is 0.547 bits per heavy atom. The van der Waals surface area contributed by atoms with E-state index in [1.807, 2.05) is 109 Å². The van der Waals surface area contributed by atoms with Gasteiger partial charge in [-0.15, -0.1) is 22.7 Å². The zero-order chi connectivity index (χ0) is 102. The van der Waals surface area contributed by atoms with Crippen LogP contribution >= 0.6 is 45.9 Å². The van der Waals surface area contributed by atoms with Crippen LogP contribution in [-0.2, 0) is 60.9 Å². The number of carbonyl (C=O) groups is 8. The summed E-state index contributed by atoms with van der Waals surface area (Å²) < 4.78 is 41.1. The van der Waals surface area contributed by atoms with Gasteiger partial charge in [0.05, 0.1) is 73.7 Å². The number of alkyl halides is 1. The minimum Gasteiger partial charge on any atom is -0.484 e. The van der Waals surface area contributed by atoms with Crippen molar-refractivity contribution in [3.05, 3.63) is 177 Å². The van der Waals surface area contributed by atoms with E-state index in [1.165, 1.54) is 68.0 Å². The molecule has 4 aromatic carbocycles. The van der Waals surface area contributed by atoms with E-state index in [-0.39, 0.29) is 132 Å². The van der Waals surface area contributed by atoms with Crippen LogP contribution in [0.3, 0.4) is 0 Å². The van der Waals surface area contributed by atoms with Crippen LogP contribution in [0.2, 0.25) is 10.0 Å². The third-order valence-electron chi connectivity index (χ3n) is 24.3. The monoisotopic (exact) mass is 2000 g/mol. The van der Waals surface area contributed by atoms with E-state index in [4.69, 9.17) is 65.8 Å². The predicted molar refractivity (Wildman–Crippen MR) is 518 cm³/mol. The number of nitrogens with one attached hydrogen (secondary N) is 4. The van der Waals surface area contributed by atoms with Gasteiger partial charge in [-0.2, -0.15) is 0 Å². The maximum absolute atomic E-state index is 14.0. The fourth-order valence-electron chi connectivity index (χ4n) is 16.7. The Bertz CT molecular complexity index is 5890. The molecule has 10 aromatic rings. The SMILES string of the molecule is Cc1ncsc1-c1ccc(CNC(=O)[C@@H]2C[C@@H](O)CN2C(=O)[C@@H](NC(=O)CCCCCN)C(C)(C)C)cc1.Cc1ncsc1-c1ccc(CNC(=O)[C@H]2C[C@H](O)CN2C(=O)[C@H](NC(=O)CCCCCCC(=O)COc2cc([C@@H](O)[C@H]3O[C@@H](n4ccc5c(N)ncnc54)[C@H](O)[C@@H]3O)ccc2Cl)C(C)(C)C)cc1.Nc1ncnc2c1ccn2[C@@H]1O[C@H]([C@H](O)c2ccc(Cl)c(OCC(=O)O)c2)[C@@H](O)[C@H]1O.[2H]CF. The number of nitrogen functional groups attached to an aromatic ring is 2. The smallest absolute Gasteiger partial charge is 0.341 e. The number of hydrogen-bond donors (Lipinski definition) is 16. The number of carboxylic acids is 1. The number of aliphatic hydroxyl groups is 8. The second kappa shape index (κ2) is 49.1. The van der Waals surface area contributed by atoms with Gasteiger partial charge in [0.25, 0.3) is 0 Å². The maximum atomic E-state index is 14.0. The molecule has 4 fully saturated rings. The molecule has 16 atom stereocenters. The van der Waals surface area contributed by atoms with Gasteiger partial charge in [-0.05, 0) is 127 Å². The quantitative estimate of drug-likeness (QED) is 0.0164. The summed E-state index contributed by atoms with van der Waals surface area (Å²) in [5, 5.41) is 108. The number of halogens is 3. The molecular formula is C96H122Cl2FN17O21S2. The van der Waals surface area contributed by atoms with E-state index in [0.717, 1.165) is 56.2 Å². The summed E-state index contributed by atoms with van der Waals surface area (Å²) in [5.74, 6) is -2.69. The van der Waals surface area contributed by atoms with E-state index in [0.29, 0.717) is 73.7 Å². The van der Waals surface area contributed by atoms with Crippen molar-refractivity contribution < 1.29 is 109 Å². The Morgan fingerprint density at radius 3 is 1.31 bits per heavy atom. The number of aryl methyl sites for hydroxylation is 2. The number of amides is 6. The largest absolute Gasteiger partial charge is 0.484 e. The average Bonchev–Trinajstić information content (AvgIpc) is 1.62. The van der Waals surface area contributed by atoms with Crippen molar-refractivity contribution in [2.45, 2.75) is 243 Å². The molecule has 10 heterocycles. The second-order valence-electron chi connectivity index (χ2n) is 36.6. The summed E-state index contributed by atoms with van der Waals surface area (Å²) in [6, 6.07) is 24.3. The first-order chi connectivity index (χ1) is 66.6. The van der Waals surface area contributed by atoms with Gasteiger partial charge in [-0.25, -0.2) is 34.7 Å². The molecule has 139 heavy (non-hydrogen) atoms. The molecule has 0 spiro atoms. The number of ether oxygens (including phenoxy) is 4. The van der Waals surface area contributed by atoms with Crippen LogP contribution < -0.4 is 47.9 Å². The van der Waals surface area contributed by atoms with Crippen LogP contribution in [-0.4, -0.2) is 255 Å². The minimum absolute atomic E-state index is 0.0244.